The summed E-state index contributed by atoms with van der Waals surface area (Å²) in [5.41, 5.74) is 1.42. The van der Waals surface area contributed by atoms with Crippen molar-refractivity contribution in [1.82, 2.24) is 5.32 Å². The molecule has 2 aromatic heterocycles. The summed E-state index contributed by atoms with van der Waals surface area (Å²) >= 11 is 1.86. The van der Waals surface area contributed by atoms with Gasteiger partial charge in [0.15, 0.2) is 0 Å². The molecule has 0 atom stereocenters. The van der Waals surface area contributed by atoms with E-state index >= 15 is 0 Å². The first kappa shape index (κ1) is 14.3. The maximum absolute atomic E-state index is 5.53. The first-order valence-corrected chi connectivity index (χ1v) is 7.44. The lowest BCUT2D eigenvalue weighted by atomic mass is 10.2. The molecule has 0 saturated heterocycles. The monoisotopic (exact) mass is 279 g/mol. The molecule has 3 nitrogen and oxygen atoms in total. The summed E-state index contributed by atoms with van der Waals surface area (Å²) in [4.78, 5) is 2.80. The summed E-state index contributed by atoms with van der Waals surface area (Å²) in [5, 5.41) is 3.45. The Kier molecular flexibility index (Phi) is 5.63. The molecule has 0 aliphatic carbocycles. The van der Waals surface area contributed by atoms with Crippen molar-refractivity contribution in [1.29, 1.82) is 0 Å². The van der Waals surface area contributed by atoms with Crippen LogP contribution < -0.4 is 5.32 Å². The molecule has 104 valence electrons. The van der Waals surface area contributed by atoms with Crippen LogP contribution in [0.25, 0.3) is 0 Å². The SMILES string of the molecule is Cc1cc(CNCCCOCc2ccco2)c(C)s1. The number of hydrogen-bond donors (Lipinski definition) is 1. The van der Waals surface area contributed by atoms with Gasteiger partial charge < -0.3 is 14.5 Å². The highest BCUT2D eigenvalue weighted by molar-refractivity contribution is 7.12. The van der Waals surface area contributed by atoms with Gasteiger partial charge in [-0.3, -0.25) is 0 Å². The Morgan fingerprint density at radius 3 is 2.95 bits per heavy atom. The van der Waals surface area contributed by atoms with Gasteiger partial charge in [0, 0.05) is 22.9 Å². The van der Waals surface area contributed by atoms with Gasteiger partial charge >= 0.3 is 0 Å². The number of rotatable bonds is 8. The Balaban J connectivity index is 1.51. The zero-order valence-corrected chi connectivity index (χ0v) is 12.4. The quantitative estimate of drug-likeness (QED) is 0.749. The molecule has 0 spiro atoms. The number of furan rings is 1. The summed E-state index contributed by atoms with van der Waals surface area (Å²) in [6.45, 7) is 7.59. The molecule has 2 aromatic rings. The molecule has 0 bridgehead atoms. The fraction of sp³-hybridized carbons (Fsp3) is 0.467. The Morgan fingerprint density at radius 1 is 1.37 bits per heavy atom. The van der Waals surface area contributed by atoms with E-state index in [2.05, 4.69) is 25.2 Å². The molecule has 0 aliphatic rings. The molecule has 4 heteroatoms. The van der Waals surface area contributed by atoms with Crippen LogP contribution in [0.15, 0.2) is 28.9 Å². The Labute approximate surface area is 118 Å². The molecule has 0 amide bonds. The van der Waals surface area contributed by atoms with E-state index in [9.17, 15) is 0 Å². The Bertz CT molecular complexity index is 476. The van der Waals surface area contributed by atoms with Gasteiger partial charge in [-0.2, -0.15) is 0 Å². The van der Waals surface area contributed by atoms with Gasteiger partial charge in [-0.1, -0.05) is 0 Å². The molecular weight excluding hydrogens is 258 g/mol. The van der Waals surface area contributed by atoms with Crippen LogP contribution in [-0.4, -0.2) is 13.2 Å². The van der Waals surface area contributed by atoms with Gasteiger partial charge in [0.1, 0.15) is 12.4 Å². The Hall–Kier alpha value is -1.10. The molecule has 0 radical (unpaired) electrons. The minimum absolute atomic E-state index is 0.565. The van der Waals surface area contributed by atoms with E-state index in [1.165, 1.54) is 15.3 Å². The second-order valence-electron chi connectivity index (χ2n) is 4.60. The van der Waals surface area contributed by atoms with E-state index in [0.29, 0.717) is 6.61 Å². The van der Waals surface area contributed by atoms with Crippen LogP contribution >= 0.6 is 11.3 Å². The zero-order chi connectivity index (χ0) is 13.5. The smallest absolute Gasteiger partial charge is 0.129 e. The lowest BCUT2D eigenvalue weighted by molar-refractivity contribution is 0.104. The van der Waals surface area contributed by atoms with Gasteiger partial charge in [0.25, 0.3) is 0 Å². The third-order valence-electron chi connectivity index (χ3n) is 2.93. The van der Waals surface area contributed by atoms with Crippen molar-refractivity contribution in [3.8, 4) is 0 Å². The lowest BCUT2D eigenvalue weighted by Crippen LogP contribution is -2.16. The van der Waals surface area contributed by atoms with Crippen LogP contribution in [-0.2, 0) is 17.9 Å². The average molecular weight is 279 g/mol. The van der Waals surface area contributed by atoms with Crippen molar-refractivity contribution >= 4 is 11.3 Å². The van der Waals surface area contributed by atoms with Crippen molar-refractivity contribution in [2.75, 3.05) is 13.2 Å². The molecule has 19 heavy (non-hydrogen) atoms. The molecule has 0 unspecified atom stereocenters. The van der Waals surface area contributed by atoms with Crippen LogP contribution in [0, 0.1) is 13.8 Å². The fourth-order valence-electron chi connectivity index (χ4n) is 1.95. The highest BCUT2D eigenvalue weighted by atomic mass is 32.1. The highest BCUT2D eigenvalue weighted by Crippen LogP contribution is 2.20. The summed E-state index contributed by atoms with van der Waals surface area (Å²) in [6.07, 6.45) is 2.69. The normalized spacial score (nSPS) is 11.1. The standard InChI is InChI=1S/C15H21NO2S/c1-12-9-14(13(2)19-12)10-16-6-4-7-17-11-15-5-3-8-18-15/h3,5,8-9,16H,4,6-7,10-11H2,1-2H3. The number of thiophene rings is 1. The number of hydrogen-bond acceptors (Lipinski definition) is 4. The fourth-order valence-corrected chi connectivity index (χ4v) is 2.90. The second-order valence-corrected chi connectivity index (χ2v) is 6.06. The first-order chi connectivity index (χ1) is 9.25. The van der Waals surface area contributed by atoms with Crippen molar-refractivity contribution < 1.29 is 9.15 Å². The van der Waals surface area contributed by atoms with E-state index in [4.69, 9.17) is 9.15 Å². The van der Waals surface area contributed by atoms with Gasteiger partial charge in [-0.05, 0) is 50.6 Å². The van der Waals surface area contributed by atoms with E-state index in [1.807, 2.05) is 23.5 Å². The molecule has 0 fully saturated rings. The average Bonchev–Trinajstić information content (AvgIpc) is 2.98. The first-order valence-electron chi connectivity index (χ1n) is 6.62. The number of nitrogens with one attached hydrogen (secondary N) is 1. The van der Waals surface area contributed by atoms with Gasteiger partial charge in [-0.25, -0.2) is 0 Å². The van der Waals surface area contributed by atoms with Gasteiger partial charge in [0.05, 0.1) is 6.26 Å². The topological polar surface area (TPSA) is 34.4 Å². The van der Waals surface area contributed by atoms with Crippen molar-refractivity contribution in [3.63, 3.8) is 0 Å². The molecule has 2 heterocycles. The minimum Gasteiger partial charge on any atom is -0.467 e. The van der Waals surface area contributed by atoms with Gasteiger partial charge in [-0.15, -0.1) is 11.3 Å². The molecule has 0 aliphatic heterocycles. The number of ether oxygens (including phenoxy) is 1. The maximum atomic E-state index is 5.53. The summed E-state index contributed by atoms with van der Waals surface area (Å²) in [6, 6.07) is 6.08. The van der Waals surface area contributed by atoms with Crippen molar-refractivity contribution in [3.05, 3.63) is 45.5 Å². The van der Waals surface area contributed by atoms with E-state index in [-0.39, 0.29) is 0 Å². The number of aryl methyl sites for hydroxylation is 2. The van der Waals surface area contributed by atoms with Crippen LogP contribution in [0.2, 0.25) is 0 Å². The third-order valence-corrected chi connectivity index (χ3v) is 3.93. The van der Waals surface area contributed by atoms with E-state index < -0.39 is 0 Å². The largest absolute Gasteiger partial charge is 0.467 e. The Morgan fingerprint density at radius 2 is 2.26 bits per heavy atom. The molecular formula is C15H21NO2S. The predicted octanol–water partition coefficient (Wildman–Crippen LogP) is 3.65. The lowest BCUT2D eigenvalue weighted by Gasteiger charge is -2.05. The van der Waals surface area contributed by atoms with Crippen LogP contribution in [0.3, 0.4) is 0 Å². The van der Waals surface area contributed by atoms with Crippen molar-refractivity contribution in [2.45, 2.75) is 33.4 Å². The highest BCUT2D eigenvalue weighted by Gasteiger charge is 2.01. The van der Waals surface area contributed by atoms with Crippen LogP contribution in [0.1, 0.15) is 27.5 Å². The summed E-state index contributed by atoms with van der Waals surface area (Å²) < 4.78 is 10.7. The zero-order valence-electron chi connectivity index (χ0n) is 11.6. The predicted molar refractivity (Wildman–Crippen MR) is 78.5 cm³/mol. The van der Waals surface area contributed by atoms with E-state index in [1.54, 1.807) is 6.26 Å². The summed E-state index contributed by atoms with van der Waals surface area (Å²) in [7, 11) is 0. The molecule has 0 aromatic carbocycles. The third kappa shape index (κ3) is 4.82. The molecule has 2 rings (SSSR count). The van der Waals surface area contributed by atoms with E-state index in [0.717, 1.165) is 31.9 Å². The van der Waals surface area contributed by atoms with Crippen molar-refractivity contribution in [2.24, 2.45) is 0 Å². The molecule has 1 N–H and O–H groups in total. The van der Waals surface area contributed by atoms with Crippen LogP contribution in [0.5, 0.6) is 0 Å². The van der Waals surface area contributed by atoms with Gasteiger partial charge in [0.2, 0.25) is 0 Å². The second kappa shape index (κ2) is 7.48. The maximum Gasteiger partial charge on any atom is 0.129 e. The minimum atomic E-state index is 0.565. The van der Waals surface area contributed by atoms with Crippen LogP contribution in [0.4, 0.5) is 0 Å². The summed E-state index contributed by atoms with van der Waals surface area (Å²) in [5.74, 6) is 0.886. The molecule has 0 saturated carbocycles.